The monoisotopic (exact) mass is 296 g/mol. The highest BCUT2D eigenvalue weighted by molar-refractivity contribution is 5.98. The first-order valence-electron chi connectivity index (χ1n) is 6.48. The van der Waals surface area contributed by atoms with Crippen LogP contribution in [0.2, 0.25) is 0 Å². The number of nitrogens with one attached hydrogen (secondary N) is 2. The lowest BCUT2D eigenvalue weighted by Gasteiger charge is -2.22. The Hall–Kier alpha value is -2.31. The van der Waals surface area contributed by atoms with Crippen LogP contribution in [0.15, 0.2) is 18.2 Å². The second-order valence-corrected chi connectivity index (χ2v) is 5.61. The third-order valence-corrected chi connectivity index (χ3v) is 2.64. The van der Waals surface area contributed by atoms with Gasteiger partial charge in [-0.25, -0.2) is 9.18 Å². The van der Waals surface area contributed by atoms with E-state index in [1.54, 1.807) is 20.8 Å². The number of amides is 2. The van der Waals surface area contributed by atoms with Crippen molar-refractivity contribution < 1.29 is 23.5 Å². The Morgan fingerprint density at radius 1 is 1.48 bits per heavy atom. The number of para-hydroxylation sites is 1. The molecule has 21 heavy (non-hydrogen) atoms. The Labute approximate surface area is 121 Å². The van der Waals surface area contributed by atoms with Gasteiger partial charge in [0.25, 0.3) is 5.91 Å². The van der Waals surface area contributed by atoms with Gasteiger partial charge in [-0.3, -0.25) is 4.79 Å². The number of alkyl carbamates (subject to hydrolysis) is 1. The molecule has 0 radical (unpaired) electrons. The van der Waals surface area contributed by atoms with Crippen molar-refractivity contribution >= 4 is 17.7 Å². The third-order valence-electron chi connectivity index (χ3n) is 2.64. The molecule has 0 saturated heterocycles. The first-order chi connectivity index (χ1) is 9.76. The standard InChI is InChI=1S/C14H17FN2O4/c1-14(2,3)21-13(19)16-9-7-20-10-6-4-5-8(15)11(10)17-12(9)18/h4-6,9H,7H2,1-3H3,(H,16,19)(H,17,18)/t9-/m0/s1. The van der Waals surface area contributed by atoms with Crippen LogP contribution in [0.1, 0.15) is 20.8 Å². The highest BCUT2D eigenvalue weighted by Gasteiger charge is 2.29. The molecule has 0 unspecified atom stereocenters. The quantitative estimate of drug-likeness (QED) is 0.831. The molecule has 1 heterocycles. The highest BCUT2D eigenvalue weighted by atomic mass is 19.1. The van der Waals surface area contributed by atoms with Crippen LogP contribution in [0, 0.1) is 5.82 Å². The molecule has 0 bridgehead atoms. The SMILES string of the molecule is CC(C)(C)OC(=O)N[C@H]1COc2cccc(F)c2NC1=O. The fourth-order valence-electron chi connectivity index (χ4n) is 1.76. The lowest BCUT2D eigenvalue weighted by Crippen LogP contribution is -2.48. The Kier molecular flexibility index (Phi) is 4.02. The summed E-state index contributed by atoms with van der Waals surface area (Å²) in [4.78, 5) is 23.7. The predicted octanol–water partition coefficient (Wildman–Crippen LogP) is 2.05. The topological polar surface area (TPSA) is 76.7 Å². The van der Waals surface area contributed by atoms with Gasteiger partial charge in [0.15, 0.2) is 5.82 Å². The molecular formula is C14H17FN2O4. The van der Waals surface area contributed by atoms with Gasteiger partial charge in [0.1, 0.15) is 29.7 Å². The van der Waals surface area contributed by atoms with E-state index in [9.17, 15) is 14.0 Å². The highest BCUT2D eigenvalue weighted by Crippen LogP contribution is 2.29. The summed E-state index contributed by atoms with van der Waals surface area (Å²) in [6, 6.07) is 3.26. The molecule has 1 aliphatic heterocycles. The number of benzene rings is 1. The fraction of sp³-hybridized carbons (Fsp3) is 0.429. The number of anilines is 1. The van der Waals surface area contributed by atoms with Crippen molar-refractivity contribution in [1.82, 2.24) is 5.32 Å². The minimum Gasteiger partial charge on any atom is -0.489 e. The smallest absolute Gasteiger partial charge is 0.408 e. The van der Waals surface area contributed by atoms with Gasteiger partial charge in [0, 0.05) is 0 Å². The molecule has 114 valence electrons. The first-order valence-corrected chi connectivity index (χ1v) is 6.48. The van der Waals surface area contributed by atoms with Crippen LogP contribution in [0.5, 0.6) is 5.75 Å². The van der Waals surface area contributed by atoms with E-state index in [-0.39, 0.29) is 18.0 Å². The average Bonchev–Trinajstić information content (AvgIpc) is 2.49. The van der Waals surface area contributed by atoms with E-state index in [1.807, 2.05) is 0 Å². The Morgan fingerprint density at radius 3 is 2.86 bits per heavy atom. The van der Waals surface area contributed by atoms with E-state index in [4.69, 9.17) is 9.47 Å². The fourth-order valence-corrected chi connectivity index (χ4v) is 1.76. The molecule has 1 aromatic rings. The number of ether oxygens (including phenoxy) is 2. The number of carbonyl (C=O) groups is 2. The Balaban J connectivity index is 2.07. The molecule has 2 N–H and O–H groups in total. The molecular weight excluding hydrogens is 279 g/mol. The lowest BCUT2D eigenvalue weighted by atomic mass is 10.2. The van der Waals surface area contributed by atoms with Crippen molar-refractivity contribution in [2.45, 2.75) is 32.4 Å². The van der Waals surface area contributed by atoms with Crippen LogP contribution in [-0.2, 0) is 9.53 Å². The maximum Gasteiger partial charge on any atom is 0.408 e. The second kappa shape index (κ2) is 5.59. The van der Waals surface area contributed by atoms with Crippen LogP contribution in [-0.4, -0.2) is 30.3 Å². The van der Waals surface area contributed by atoms with Gasteiger partial charge in [0.2, 0.25) is 0 Å². The van der Waals surface area contributed by atoms with E-state index in [0.29, 0.717) is 0 Å². The van der Waals surface area contributed by atoms with Gasteiger partial charge in [-0.2, -0.15) is 0 Å². The molecule has 0 saturated carbocycles. The van der Waals surface area contributed by atoms with Gasteiger partial charge in [-0.05, 0) is 32.9 Å². The molecule has 2 amide bonds. The van der Waals surface area contributed by atoms with Crippen LogP contribution in [0.4, 0.5) is 14.9 Å². The van der Waals surface area contributed by atoms with Gasteiger partial charge >= 0.3 is 6.09 Å². The molecule has 7 heteroatoms. The summed E-state index contributed by atoms with van der Waals surface area (Å²) in [6.45, 7) is 5.02. The van der Waals surface area contributed by atoms with E-state index in [1.165, 1.54) is 18.2 Å². The van der Waals surface area contributed by atoms with Crippen molar-refractivity contribution in [3.8, 4) is 5.75 Å². The molecule has 0 fully saturated rings. The Morgan fingerprint density at radius 2 is 2.19 bits per heavy atom. The molecule has 6 nitrogen and oxygen atoms in total. The molecule has 0 aliphatic carbocycles. The van der Waals surface area contributed by atoms with Crippen LogP contribution in [0.3, 0.4) is 0 Å². The third kappa shape index (κ3) is 3.84. The summed E-state index contributed by atoms with van der Waals surface area (Å²) < 4.78 is 24.1. The van der Waals surface area contributed by atoms with Gasteiger partial charge in [-0.1, -0.05) is 6.07 Å². The summed E-state index contributed by atoms with van der Waals surface area (Å²) in [7, 11) is 0. The van der Waals surface area contributed by atoms with Gasteiger partial charge in [-0.15, -0.1) is 0 Å². The van der Waals surface area contributed by atoms with Crippen molar-refractivity contribution in [3.63, 3.8) is 0 Å². The number of fused-ring (bicyclic) bond motifs is 1. The summed E-state index contributed by atoms with van der Waals surface area (Å²) in [6.07, 6.45) is -0.738. The largest absolute Gasteiger partial charge is 0.489 e. The Bertz CT molecular complexity index is 569. The first kappa shape index (κ1) is 15.1. The molecule has 2 rings (SSSR count). The summed E-state index contributed by atoms with van der Waals surface area (Å²) in [5, 5.41) is 4.80. The minimum atomic E-state index is -0.966. The number of hydrogen-bond donors (Lipinski definition) is 2. The van der Waals surface area contributed by atoms with E-state index >= 15 is 0 Å². The second-order valence-electron chi connectivity index (χ2n) is 5.61. The number of carbonyl (C=O) groups excluding carboxylic acids is 2. The molecule has 0 spiro atoms. The van der Waals surface area contributed by atoms with Gasteiger partial charge in [0.05, 0.1) is 0 Å². The maximum atomic E-state index is 13.6. The molecule has 1 aliphatic rings. The van der Waals surface area contributed by atoms with Gasteiger partial charge < -0.3 is 20.1 Å². The molecule has 0 aromatic heterocycles. The van der Waals surface area contributed by atoms with Crippen LogP contribution in [0.25, 0.3) is 0 Å². The van der Waals surface area contributed by atoms with E-state index in [0.717, 1.165) is 0 Å². The molecule has 1 aromatic carbocycles. The van der Waals surface area contributed by atoms with E-state index < -0.39 is 29.5 Å². The van der Waals surface area contributed by atoms with Crippen molar-refractivity contribution in [1.29, 1.82) is 0 Å². The summed E-state index contributed by atoms with van der Waals surface area (Å²) in [5.41, 5.74) is -0.711. The zero-order chi connectivity index (χ0) is 15.6. The van der Waals surface area contributed by atoms with E-state index in [2.05, 4.69) is 10.6 Å². The average molecular weight is 296 g/mol. The lowest BCUT2D eigenvalue weighted by molar-refractivity contribution is -0.118. The van der Waals surface area contributed by atoms with Crippen LogP contribution >= 0.6 is 0 Å². The summed E-state index contributed by atoms with van der Waals surface area (Å²) in [5.74, 6) is -0.944. The number of rotatable bonds is 1. The zero-order valence-corrected chi connectivity index (χ0v) is 12.0. The van der Waals surface area contributed by atoms with Crippen molar-refractivity contribution in [2.24, 2.45) is 0 Å². The normalized spacial score (nSPS) is 17.9. The number of halogens is 1. The predicted molar refractivity (Wildman–Crippen MR) is 73.7 cm³/mol. The van der Waals surface area contributed by atoms with Crippen molar-refractivity contribution in [2.75, 3.05) is 11.9 Å². The maximum absolute atomic E-state index is 13.6. The van der Waals surface area contributed by atoms with Crippen molar-refractivity contribution in [3.05, 3.63) is 24.0 Å². The van der Waals surface area contributed by atoms with Crippen LogP contribution < -0.4 is 15.4 Å². The molecule has 1 atom stereocenters. The summed E-state index contributed by atoms with van der Waals surface area (Å²) >= 11 is 0. The number of hydrogen-bond acceptors (Lipinski definition) is 4. The minimum absolute atomic E-state index is 0.0315. The zero-order valence-electron chi connectivity index (χ0n) is 12.0.